The van der Waals surface area contributed by atoms with Gasteiger partial charge in [0.2, 0.25) is 0 Å². The van der Waals surface area contributed by atoms with Gasteiger partial charge >= 0.3 is 5.97 Å². The maximum absolute atomic E-state index is 11.5. The van der Waals surface area contributed by atoms with Gasteiger partial charge in [0.25, 0.3) is 0 Å². The number of hydrogen-bond donors (Lipinski definition) is 1. The third kappa shape index (κ3) is 2.68. The number of benzene rings is 1. The van der Waals surface area contributed by atoms with E-state index in [4.69, 9.17) is 4.98 Å². The van der Waals surface area contributed by atoms with Crippen LogP contribution in [-0.4, -0.2) is 16.1 Å². The van der Waals surface area contributed by atoms with Gasteiger partial charge in [0.05, 0.1) is 11.6 Å². The van der Waals surface area contributed by atoms with Crippen LogP contribution in [-0.2, 0) is 11.2 Å². The SMILES string of the molecule is CC1(C)Cc2nc(-c3ccccc3)ccc2C(C(=O)O)C1. The number of rotatable bonds is 2. The summed E-state index contributed by atoms with van der Waals surface area (Å²) in [7, 11) is 0. The minimum absolute atomic E-state index is 0.0294. The molecule has 0 radical (unpaired) electrons. The Bertz CT molecular complexity index is 677. The predicted octanol–water partition coefficient (Wildman–Crippen LogP) is 3.89. The van der Waals surface area contributed by atoms with E-state index < -0.39 is 11.9 Å². The molecule has 3 heteroatoms. The van der Waals surface area contributed by atoms with Crippen molar-refractivity contribution in [3.05, 3.63) is 53.7 Å². The van der Waals surface area contributed by atoms with Gasteiger partial charge in [-0.05, 0) is 29.9 Å². The standard InChI is InChI=1S/C18H19NO2/c1-18(2)10-14(17(20)21)13-8-9-15(19-16(13)11-18)12-6-4-3-5-7-12/h3-9,14H,10-11H2,1-2H3,(H,20,21). The zero-order valence-corrected chi connectivity index (χ0v) is 12.3. The molecule has 1 N–H and O–H groups in total. The summed E-state index contributed by atoms with van der Waals surface area (Å²) in [5.74, 6) is -1.20. The van der Waals surface area contributed by atoms with Crippen LogP contribution in [0, 0.1) is 5.41 Å². The summed E-state index contributed by atoms with van der Waals surface area (Å²) in [6, 6.07) is 13.9. The molecule has 1 aliphatic rings. The number of pyridine rings is 1. The van der Waals surface area contributed by atoms with Crippen molar-refractivity contribution < 1.29 is 9.90 Å². The highest BCUT2D eigenvalue weighted by molar-refractivity contribution is 5.77. The number of aromatic nitrogens is 1. The zero-order valence-electron chi connectivity index (χ0n) is 12.3. The second-order valence-corrected chi connectivity index (χ2v) is 6.53. The first-order chi connectivity index (χ1) is 9.96. The van der Waals surface area contributed by atoms with Gasteiger partial charge in [0, 0.05) is 11.3 Å². The molecule has 1 heterocycles. The lowest BCUT2D eigenvalue weighted by Crippen LogP contribution is -2.30. The van der Waals surface area contributed by atoms with E-state index >= 15 is 0 Å². The highest BCUT2D eigenvalue weighted by Crippen LogP contribution is 2.42. The quantitative estimate of drug-likeness (QED) is 0.908. The molecule has 1 unspecified atom stereocenters. The fourth-order valence-electron chi connectivity index (χ4n) is 3.15. The van der Waals surface area contributed by atoms with Crippen LogP contribution in [0.1, 0.15) is 37.4 Å². The smallest absolute Gasteiger partial charge is 0.311 e. The Hall–Kier alpha value is -2.16. The second-order valence-electron chi connectivity index (χ2n) is 6.53. The first-order valence-electron chi connectivity index (χ1n) is 7.24. The molecule has 0 fully saturated rings. The molecule has 0 saturated heterocycles. The van der Waals surface area contributed by atoms with E-state index in [1.807, 2.05) is 42.5 Å². The topological polar surface area (TPSA) is 50.2 Å². The van der Waals surface area contributed by atoms with Crippen LogP contribution in [0.3, 0.4) is 0 Å². The van der Waals surface area contributed by atoms with Gasteiger partial charge in [0.1, 0.15) is 0 Å². The molecular weight excluding hydrogens is 262 g/mol. The number of nitrogens with zero attached hydrogens (tertiary/aromatic N) is 1. The number of carbonyl (C=O) groups is 1. The molecule has 2 aromatic rings. The molecule has 3 rings (SSSR count). The highest BCUT2D eigenvalue weighted by atomic mass is 16.4. The van der Waals surface area contributed by atoms with Crippen LogP contribution in [0.4, 0.5) is 0 Å². The van der Waals surface area contributed by atoms with Gasteiger partial charge in [0.15, 0.2) is 0 Å². The summed E-state index contributed by atoms with van der Waals surface area (Å²) in [6.07, 6.45) is 1.49. The monoisotopic (exact) mass is 281 g/mol. The first-order valence-corrected chi connectivity index (χ1v) is 7.24. The zero-order chi connectivity index (χ0) is 15.0. The number of carboxylic acid groups (broad SMARTS) is 1. The summed E-state index contributed by atoms with van der Waals surface area (Å²) < 4.78 is 0. The van der Waals surface area contributed by atoms with Gasteiger partial charge in [-0.1, -0.05) is 50.2 Å². The number of fused-ring (bicyclic) bond motifs is 1. The molecule has 1 aromatic carbocycles. The molecule has 0 aliphatic heterocycles. The van der Waals surface area contributed by atoms with Crippen molar-refractivity contribution in [2.45, 2.75) is 32.6 Å². The van der Waals surface area contributed by atoms with Crippen molar-refractivity contribution >= 4 is 5.97 Å². The van der Waals surface area contributed by atoms with Gasteiger partial charge in [-0.3, -0.25) is 9.78 Å². The summed E-state index contributed by atoms with van der Waals surface area (Å²) in [5, 5.41) is 9.48. The molecule has 0 bridgehead atoms. The van der Waals surface area contributed by atoms with E-state index in [2.05, 4.69) is 13.8 Å². The molecule has 1 atom stereocenters. The Balaban J connectivity index is 2.08. The molecule has 21 heavy (non-hydrogen) atoms. The van der Waals surface area contributed by atoms with Crippen LogP contribution in [0.2, 0.25) is 0 Å². The number of aliphatic carboxylic acids is 1. The van der Waals surface area contributed by atoms with E-state index in [1.165, 1.54) is 0 Å². The predicted molar refractivity (Wildman–Crippen MR) is 82.2 cm³/mol. The van der Waals surface area contributed by atoms with E-state index in [9.17, 15) is 9.90 Å². The minimum Gasteiger partial charge on any atom is -0.481 e. The van der Waals surface area contributed by atoms with Gasteiger partial charge in [-0.25, -0.2) is 0 Å². The lowest BCUT2D eigenvalue weighted by Gasteiger charge is -2.34. The van der Waals surface area contributed by atoms with Crippen molar-refractivity contribution in [2.75, 3.05) is 0 Å². The Labute approximate surface area is 124 Å². The summed E-state index contributed by atoms with van der Waals surface area (Å²) in [6.45, 7) is 4.23. The summed E-state index contributed by atoms with van der Waals surface area (Å²) >= 11 is 0. The first kappa shape index (κ1) is 13.8. The second kappa shape index (κ2) is 4.99. The van der Waals surface area contributed by atoms with Crippen LogP contribution >= 0.6 is 0 Å². The molecule has 0 saturated carbocycles. The van der Waals surface area contributed by atoms with Crippen LogP contribution in [0.25, 0.3) is 11.3 Å². The fourth-order valence-corrected chi connectivity index (χ4v) is 3.15. The fraction of sp³-hybridized carbons (Fsp3) is 0.333. The van der Waals surface area contributed by atoms with Crippen LogP contribution in [0.15, 0.2) is 42.5 Å². The van der Waals surface area contributed by atoms with Crippen molar-refractivity contribution in [1.82, 2.24) is 4.98 Å². The molecular formula is C18H19NO2. The van der Waals surface area contributed by atoms with Crippen molar-refractivity contribution in [1.29, 1.82) is 0 Å². The molecule has 108 valence electrons. The molecule has 1 aromatic heterocycles. The normalized spacial score (nSPS) is 19.8. The van der Waals surface area contributed by atoms with Crippen LogP contribution in [0.5, 0.6) is 0 Å². The molecule has 3 nitrogen and oxygen atoms in total. The summed E-state index contributed by atoms with van der Waals surface area (Å²) in [4.78, 5) is 16.3. The van der Waals surface area contributed by atoms with Crippen molar-refractivity contribution in [3.63, 3.8) is 0 Å². The highest BCUT2D eigenvalue weighted by Gasteiger charge is 2.36. The molecule has 1 aliphatic carbocycles. The minimum atomic E-state index is -0.752. The Kier molecular flexibility index (Phi) is 3.28. The van der Waals surface area contributed by atoms with E-state index in [1.54, 1.807) is 0 Å². The third-order valence-electron chi connectivity index (χ3n) is 4.16. The lowest BCUT2D eigenvalue weighted by molar-refractivity contribution is -0.139. The maximum atomic E-state index is 11.5. The lowest BCUT2D eigenvalue weighted by atomic mass is 9.71. The average Bonchev–Trinajstić information content (AvgIpc) is 2.45. The molecule has 0 spiro atoms. The largest absolute Gasteiger partial charge is 0.481 e. The van der Waals surface area contributed by atoms with Crippen LogP contribution < -0.4 is 0 Å². The van der Waals surface area contributed by atoms with E-state index in [-0.39, 0.29) is 5.41 Å². The maximum Gasteiger partial charge on any atom is 0.311 e. The van der Waals surface area contributed by atoms with Crippen molar-refractivity contribution in [2.24, 2.45) is 5.41 Å². The third-order valence-corrected chi connectivity index (χ3v) is 4.16. The Morgan fingerprint density at radius 3 is 2.57 bits per heavy atom. The van der Waals surface area contributed by atoms with E-state index in [0.29, 0.717) is 6.42 Å². The van der Waals surface area contributed by atoms with Gasteiger partial charge < -0.3 is 5.11 Å². The van der Waals surface area contributed by atoms with Gasteiger partial charge in [-0.2, -0.15) is 0 Å². The molecule has 0 amide bonds. The van der Waals surface area contributed by atoms with Crippen molar-refractivity contribution in [3.8, 4) is 11.3 Å². The Morgan fingerprint density at radius 2 is 1.90 bits per heavy atom. The van der Waals surface area contributed by atoms with E-state index in [0.717, 1.165) is 28.9 Å². The number of carboxylic acids is 1. The summed E-state index contributed by atoms with van der Waals surface area (Å²) in [5.41, 5.74) is 3.76. The number of hydrogen-bond acceptors (Lipinski definition) is 2. The van der Waals surface area contributed by atoms with Gasteiger partial charge in [-0.15, -0.1) is 0 Å². The average molecular weight is 281 g/mol. The Morgan fingerprint density at radius 1 is 1.19 bits per heavy atom.